The first kappa shape index (κ1) is 19.6. The zero-order valence-electron chi connectivity index (χ0n) is 15.7. The number of amides is 2. The van der Waals surface area contributed by atoms with Gasteiger partial charge in [0, 0.05) is 19.0 Å². The van der Waals surface area contributed by atoms with Crippen molar-refractivity contribution in [1.82, 2.24) is 10.2 Å². The molecule has 3 aliphatic rings. The molecule has 0 aromatic carbocycles. The van der Waals surface area contributed by atoms with E-state index >= 15 is 0 Å². The Bertz CT molecular complexity index is 494. The first-order valence-electron chi connectivity index (χ1n) is 10.1. The zero-order chi connectivity index (χ0) is 18.5. The summed E-state index contributed by atoms with van der Waals surface area (Å²) in [7, 11) is 0. The van der Waals surface area contributed by atoms with Crippen molar-refractivity contribution in [2.24, 2.45) is 5.92 Å². The maximum Gasteiger partial charge on any atom is 0.226 e. The third kappa shape index (κ3) is 4.75. The maximum absolute atomic E-state index is 13.1. The predicted molar refractivity (Wildman–Crippen MR) is 95.5 cm³/mol. The average Bonchev–Trinajstić information content (AvgIpc) is 3.13. The van der Waals surface area contributed by atoms with Crippen LogP contribution in [0.2, 0.25) is 0 Å². The molecule has 148 valence electrons. The number of β-amino-alcohol motifs (C(OH)–C–C–N with tert-alkyl or cyclic N) is 1. The number of carbonyl (C=O) groups is 2. The molecule has 2 aliphatic heterocycles. The Kier molecular flexibility index (Phi) is 6.89. The van der Waals surface area contributed by atoms with Crippen LogP contribution in [-0.2, 0) is 19.1 Å². The molecule has 1 saturated carbocycles. The van der Waals surface area contributed by atoms with E-state index in [1.807, 2.05) is 11.8 Å². The van der Waals surface area contributed by atoms with E-state index in [0.717, 1.165) is 38.5 Å². The highest BCUT2D eigenvalue weighted by molar-refractivity contribution is 5.79. The molecule has 26 heavy (non-hydrogen) atoms. The molecule has 7 nitrogen and oxygen atoms in total. The average molecular weight is 368 g/mol. The fraction of sp³-hybridized carbons (Fsp3) is 0.895. The standard InChI is InChI=1S/C19H32N2O5/c1-2-20-18(23)9-15-7-8-16-17(26-15)12-25-11-14(22)10-21(16)19(24)13-5-3-4-6-13/h13-17,22H,2-12H2,1H3,(H,20,23)/t14-,15+,16-,17+/m1/s1. The molecule has 1 aliphatic carbocycles. The van der Waals surface area contributed by atoms with Crippen LogP contribution in [0.25, 0.3) is 0 Å². The van der Waals surface area contributed by atoms with E-state index in [1.165, 1.54) is 0 Å². The minimum Gasteiger partial charge on any atom is -0.389 e. The van der Waals surface area contributed by atoms with Crippen molar-refractivity contribution in [2.45, 2.75) is 76.2 Å². The van der Waals surface area contributed by atoms with E-state index in [4.69, 9.17) is 9.47 Å². The number of ether oxygens (including phenoxy) is 2. The second-order valence-electron chi connectivity index (χ2n) is 7.76. The van der Waals surface area contributed by atoms with Gasteiger partial charge in [0.25, 0.3) is 0 Å². The van der Waals surface area contributed by atoms with Crippen molar-refractivity contribution in [1.29, 1.82) is 0 Å². The Balaban J connectivity index is 1.67. The fourth-order valence-electron chi connectivity index (χ4n) is 4.48. The van der Waals surface area contributed by atoms with Gasteiger partial charge >= 0.3 is 0 Å². The van der Waals surface area contributed by atoms with Gasteiger partial charge in [-0.05, 0) is 32.6 Å². The molecule has 0 aromatic rings. The Morgan fingerprint density at radius 1 is 1.15 bits per heavy atom. The number of hydrogen-bond donors (Lipinski definition) is 2. The van der Waals surface area contributed by atoms with Crippen LogP contribution in [0.15, 0.2) is 0 Å². The summed E-state index contributed by atoms with van der Waals surface area (Å²) in [6.07, 6.45) is 4.93. The number of nitrogens with one attached hydrogen (secondary N) is 1. The van der Waals surface area contributed by atoms with Crippen LogP contribution in [0.1, 0.15) is 51.9 Å². The molecule has 4 atom stereocenters. The van der Waals surface area contributed by atoms with E-state index in [1.54, 1.807) is 0 Å². The quantitative estimate of drug-likeness (QED) is 0.768. The van der Waals surface area contributed by atoms with Crippen molar-refractivity contribution in [3.05, 3.63) is 0 Å². The second-order valence-corrected chi connectivity index (χ2v) is 7.76. The Morgan fingerprint density at radius 3 is 2.65 bits per heavy atom. The summed E-state index contributed by atoms with van der Waals surface area (Å²) in [5, 5.41) is 13.0. The lowest BCUT2D eigenvalue weighted by Gasteiger charge is -2.45. The molecular formula is C19H32N2O5. The van der Waals surface area contributed by atoms with Gasteiger partial charge in [-0.3, -0.25) is 9.59 Å². The number of hydrogen-bond acceptors (Lipinski definition) is 5. The van der Waals surface area contributed by atoms with Gasteiger partial charge in [0.05, 0.1) is 37.9 Å². The molecule has 0 aromatic heterocycles. The van der Waals surface area contributed by atoms with Gasteiger partial charge in [0.2, 0.25) is 11.8 Å². The number of nitrogens with zero attached hydrogens (tertiary/aromatic N) is 1. The first-order chi connectivity index (χ1) is 12.6. The van der Waals surface area contributed by atoms with Crippen molar-refractivity contribution >= 4 is 11.8 Å². The molecule has 2 amide bonds. The highest BCUT2D eigenvalue weighted by Gasteiger charge is 2.41. The second kappa shape index (κ2) is 9.15. The monoisotopic (exact) mass is 368 g/mol. The molecular weight excluding hydrogens is 336 g/mol. The largest absolute Gasteiger partial charge is 0.389 e. The first-order valence-corrected chi connectivity index (χ1v) is 10.1. The lowest BCUT2D eigenvalue weighted by atomic mass is 9.93. The van der Waals surface area contributed by atoms with Gasteiger partial charge in [0.15, 0.2) is 0 Å². The maximum atomic E-state index is 13.1. The van der Waals surface area contributed by atoms with Gasteiger partial charge in [-0.2, -0.15) is 0 Å². The molecule has 0 spiro atoms. The molecule has 0 bridgehead atoms. The van der Waals surface area contributed by atoms with Crippen molar-refractivity contribution < 1.29 is 24.2 Å². The normalized spacial score (nSPS) is 33.2. The molecule has 2 saturated heterocycles. The number of fused-ring (bicyclic) bond motifs is 1. The van der Waals surface area contributed by atoms with Gasteiger partial charge in [-0.1, -0.05) is 12.8 Å². The van der Waals surface area contributed by atoms with E-state index in [2.05, 4.69) is 5.32 Å². The summed E-state index contributed by atoms with van der Waals surface area (Å²) in [5.74, 6) is 0.234. The van der Waals surface area contributed by atoms with Crippen LogP contribution in [0.4, 0.5) is 0 Å². The lowest BCUT2D eigenvalue weighted by molar-refractivity contribution is -0.171. The molecule has 7 heteroatoms. The van der Waals surface area contributed by atoms with E-state index < -0.39 is 6.10 Å². The minimum atomic E-state index is -0.658. The predicted octanol–water partition coefficient (Wildman–Crippen LogP) is 0.839. The number of aliphatic hydroxyl groups is 1. The third-order valence-electron chi connectivity index (χ3n) is 5.76. The fourth-order valence-corrected chi connectivity index (χ4v) is 4.48. The highest BCUT2D eigenvalue weighted by atomic mass is 16.5. The number of carbonyl (C=O) groups excluding carboxylic acids is 2. The third-order valence-corrected chi connectivity index (χ3v) is 5.76. The van der Waals surface area contributed by atoms with E-state index in [-0.39, 0.29) is 42.6 Å². The van der Waals surface area contributed by atoms with Crippen LogP contribution in [0.3, 0.4) is 0 Å². The smallest absolute Gasteiger partial charge is 0.226 e. The minimum absolute atomic E-state index is 0.00276. The Labute approximate surface area is 155 Å². The lowest BCUT2D eigenvalue weighted by Crippen LogP contribution is -2.58. The van der Waals surface area contributed by atoms with Crippen molar-refractivity contribution in [3.8, 4) is 0 Å². The van der Waals surface area contributed by atoms with Crippen LogP contribution >= 0.6 is 0 Å². The topological polar surface area (TPSA) is 88.1 Å². The van der Waals surface area contributed by atoms with Crippen molar-refractivity contribution in [3.63, 3.8) is 0 Å². The summed E-state index contributed by atoms with van der Waals surface area (Å²) >= 11 is 0. The summed E-state index contributed by atoms with van der Waals surface area (Å²) in [6.45, 7) is 3.38. The highest BCUT2D eigenvalue weighted by Crippen LogP contribution is 2.32. The zero-order valence-corrected chi connectivity index (χ0v) is 15.7. The van der Waals surface area contributed by atoms with Gasteiger partial charge in [-0.15, -0.1) is 0 Å². The Morgan fingerprint density at radius 2 is 1.92 bits per heavy atom. The van der Waals surface area contributed by atoms with Crippen LogP contribution < -0.4 is 5.32 Å². The van der Waals surface area contributed by atoms with E-state index in [0.29, 0.717) is 26.1 Å². The summed E-state index contributed by atoms with van der Waals surface area (Å²) in [5.41, 5.74) is 0. The van der Waals surface area contributed by atoms with Crippen molar-refractivity contribution in [2.75, 3.05) is 26.3 Å². The molecule has 2 heterocycles. The molecule has 0 radical (unpaired) electrons. The summed E-state index contributed by atoms with van der Waals surface area (Å²) < 4.78 is 11.8. The number of aliphatic hydroxyl groups excluding tert-OH is 1. The van der Waals surface area contributed by atoms with Gasteiger partial charge in [-0.25, -0.2) is 0 Å². The van der Waals surface area contributed by atoms with Crippen LogP contribution in [-0.4, -0.2) is 72.5 Å². The van der Waals surface area contributed by atoms with Gasteiger partial charge < -0.3 is 24.8 Å². The molecule has 3 rings (SSSR count). The molecule has 0 unspecified atom stereocenters. The van der Waals surface area contributed by atoms with Gasteiger partial charge in [0.1, 0.15) is 6.10 Å². The van der Waals surface area contributed by atoms with E-state index in [9.17, 15) is 14.7 Å². The Hall–Kier alpha value is -1.18. The van der Waals surface area contributed by atoms with Crippen LogP contribution in [0, 0.1) is 5.92 Å². The summed E-state index contributed by atoms with van der Waals surface area (Å²) in [4.78, 5) is 26.8. The molecule has 2 N–H and O–H groups in total. The number of rotatable bonds is 4. The van der Waals surface area contributed by atoms with Crippen LogP contribution in [0.5, 0.6) is 0 Å². The SMILES string of the molecule is CCNC(=O)C[C@@H]1CC[C@@H]2[C@H](COC[C@H](O)CN2C(=O)C2CCCC2)O1. The summed E-state index contributed by atoms with van der Waals surface area (Å²) in [6, 6.07) is -0.0801. The molecule has 3 fully saturated rings.